The van der Waals surface area contributed by atoms with Gasteiger partial charge in [0.2, 0.25) is 0 Å². The lowest BCUT2D eigenvalue weighted by Gasteiger charge is -2.47. The van der Waals surface area contributed by atoms with Crippen molar-refractivity contribution in [2.45, 2.75) is 62.9 Å². The quantitative estimate of drug-likeness (QED) is 0.292. The number of hydrogen-bond donors (Lipinski definition) is 1. The number of ether oxygens (including phenoxy) is 2. The average Bonchev–Trinajstić information content (AvgIpc) is 3.10. The molecule has 5 nitrogen and oxygen atoms in total. The highest BCUT2D eigenvalue weighted by Gasteiger charge is 2.45. The maximum Gasteiger partial charge on any atom is 0.261 e. The molecule has 1 fully saturated rings. The fourth-order valence-electron chi connectivity index (χ4n) is 7.96. The lowest BCUT2D eigenvalue weighted by Crippen LogP contribution is -2.50. The molecule has 1 N–H and O–H groups in total. The molecule has 0 saturated heterocycles. The van der Waals surface area contributed by atoms with Crippen LogP contribution in [0, 0.1) is 17.8 Å². The Balaban J connectivity index is 1.28. The van der Waals surface area contributed by atoms with E-state index >= 15 is 0 Å². The molecule has 40 heavy (non-hydrogen) atoms. The van der Waals surface area contributed by atoms with Crippen LogP contribution in [0.25, 0.3) is 0 Å². The number of nitrogens with zero attached hydrogens (tertiary/aromatic N) is 1. The second-order valence-corrected chi connectivity index (χ2v) is 13.9. The van der Waals surface area contributed by atoms with Gasteiger partial charge in [0, 0.05) is 42.0 Å². The molecule has 1 amide bonds. The smallest absolute Gasteiger partial charge is 0.261 e. The fraction of sp³-hybridized carbons (Fsp3) is 0.545. The first-order valence-corrected chi connectivity index (χ1v) is 16.3. The van der Waals surface area contributed by atoms with Crippen molar-refractivity contribution in [1.29, 1.82) is 0 Å². The van der Waals surface area contributed by atoms with Crippen LogP contribution in [0.15, 0.2) is 48.0 Å². The Morgan fingerprint density at radius 3 is 2.88 bits per heavy atom. The number of fused-ring (bicyclic) bond motifs is 7. The number of anilines is 1. The van der Waals surface area contributed by atoms with Crippen molar-refractivity contribution in [3.63, 3.8) is 0 Å². The predicted molar refractivity (Wildman–Crippen MR) is 163 cm³/mol. The maximum atomic E-state index is 13.3. The van der Waals surface area contributed by atoms with E-state index in [-0.39, 0.29) is 17.4 Å². The zero-order valence-electron chi connectivity index (χ0n) is 23.3. The number of amides is 1. The number of nitrogens with one attached hydrogen (secondary N) is 1. The van der Waals surface area contributed by atoms with Crippen LogP contribution in [0.3, 0.4) is 0 Å². The molecular formula is C33H39ClN2O3S. The molecule has 0 aromatic heterocycles. The number of methoxy groups -OCH3 is 1. The van der Waals surface area contributed by atoms with Crippen LogP contribution in [0.4, 0.5) is 5.69 Å². The summed E-state index contributed by atoms with van der Waals surface area (Å²) in [5, 5.41) is 0.804. The Hall–Kier alpha value is -2.15. The van der Waals surface area contributed by atoms with Crippen LogP contribution in [0.5, 0.6) is 5.75 Å². The van der Waals surface area contributed by atoms with Crippen LogP contribution in [0.2, 0.25) is 5.02 Å². The van der Waals surface area contributed by atoms with Gasteiger partial charge >= 0.3 is 0 Å². The second-order valence-electron chi connectivity index (χ2n) is 12.6. The Bertz CT molecular complexity index is 1330. The third kappa shape index (κ3) is 4.84. The van der Waals surface area contributed by atoms with Crippen molar-refractivity contribution >= 4 is 35.1 Å². The molecule has 1 spiro atoms. The van der Waals surface area contributed by atoms with Gasteiger partial charge in [-0.05, 0) is 128 Å². The monoisotopic (exact) mass is 578 g/mol. The minimum absolute atomic E-state index is 0.0236. The van der Waals surface area contributed by atoms with E-state index in [1.807, 2.05) is 25.3 Å². The molecule has 5 atom stereocenters. The zero-order chi connectivity index (χ0) is 27.3. The van der Waals surface area contributed by atoms with E-state index < -0.39 is 0 Å². The Labute approximate surface area is 247 Å². The number of halogens is 1. The molecular weight excluding hydrogens is 540 g/mol. The Morgan fingerprint density at radius 2 is 2.08 bits per heavy atom. The normalized spacial score (nSPS) is 31.7. The molecule has 3 aliphatic carbocycles. The molecule has 0 unspecified atom stereocenters. The summed E-state index contributed by atoms with van der Waals surface area (Å²) in [7, 11) is 1.90. The van der Waals surface area contributed by atoms with Crippen LogP contribution in [-0.4, -0.2) is 44.6 Å². The van der Waals surface area contributed by atoms with Gasteiger partial charge < -0.3 is 14.4 Å². The van der Waals surface area contributed by atoms with Gasteiger partial charge in [-0.1, -0.05) is 23.7 Å². The molecule has 2 aromatic rings. The highest BCUT2D eigenvalue weighted by Crippen LogP contribution is 2.48. The highest BCUT2D eigenvalue weighted by atomic mass is 35.5. The van der Waals surface area contributed by atoms with Crippen LogP contribution in [0.1, 0.15) is 66.4 Å². The summed E-state index contributed by atoms with van der Waals surface area (Å²) in [4.78, 5) is 15.8. The number of carbonyl (C=O) groups is 1. The van der Waals surface area contributed by atoms with Crippen molar-refractivity contribution in [3.05, 3.63) is 69.8 Å². The van der Waals surface area contributed by atoms with Crippen LogP contribution >= 0.6 is 23.5 Å². The topological polar surface area (TPSA) is 50.8 Å². The molecule has 7 heteroatoms. The summed E-state index contributed by atoms with van der Waals surface area (Å²) in [5.41, 5.74) is 5.85. The Kier molecular flexibility index (Phi) is 7.30. The largest absolute Gasteiger partial charge is 0.490 e. The molecule has 0 radical (unpaired) electrons. The molecule has 2 aromatic carbocycles. The summed E-state index contributed by atoms with van der Waals surface area (Å²) in [6.45, 7) is 2.45. The van der Waals surface area contributed by atoms with Gasteiger partial charge in [0.15, 0.2) is 0 Å². The van der Waals surface area contributed by atoms with E-state index in [9.17, 15) is 4.79 Å². The van der Waals surface area contributed by atoms with Crippen molar-refractivity contribution < 1.29 is 14.3 Å². The highest BCUT2D eigenvalue weighted by molar-refractivity contribution is 7.97. The summed E-state index contributed by atoms with van der Waals surface area (Å²) in [5.74, 6) is 3.46. The lowest BCUT2D eigenvalue weighted by atomic mass is 9.66. The van der Waals surface area contributed by atoms with E-state index in [1.54, 1.807) is 11.9 Å². The number of benzene rings is 2. The summed E-state index contributed by atoms with van der Waals surface area (Å²) in [6, 6.07) is 12.4. The number of aryl methyl sites for hydroxylation is 1. The summed E-state index contributed by atoms with van der Waals surface area (Å²) >= 11 is 7.98. The minimum atomic E-state index is -0.114. The van der Waals surface area contributed by atoms with Crippen molar-refractivity contribution in [2.24, 2.45) is 17.8 Å². The van der Waals surface area contributed by atoms with Gasteiger partial charge in [-0.2, -0.15) is 0 Å². The van der Waals surface area contributed by atoms with E-state index in [4.69, 9.17) is 21.1 Å². The van der Waals surface area contributed by atoms with E-state index in [0.29, 0.717) is 29.9 Å². The fourth-order valence-corrected chi connectivity index (χ4v) is 9.03. The first-order chi connectivity index (χ1) is 19.5. The third-order valence-electron chi connectivity index (χ3n) is 10.3. The van der Waals surface area contributed by atoms with Gasteiger partial charge in [0.25, 0.3) is 5.91 Å². The molecule has 3 heterocycles. The number of rotatable bonds is 1. The van der Waals surface area contributed by atoms with Crippen molar-refractivity contribution in [3.8, 4) is 5.75 Å². The van der Waals surface area contributed by atoms with Gasteiger partial charge in [-0.25, -0.2) is 0 Å². The van der Waals surface area contributed by atoms with Crippen molar-refractivity contribution in [2.75, 3.05) is 37.5 Å². The van der Waals surface area contributed by atoms with Crippen molar-refractivity contribution in [1.82, 2.24) is 4.72 Å². The first-order valence-electron chi connectivity index (χ1n) is 15.0. The maximum absolute atomic E-state index is 13.3. The molecule has 1 saturated carbocycles. The molecule has 8 rings (SSSR count). The zero-order valence-corrected chi connectivity index (χ0v) is 24.9. The second kappa shape index (κ2) is 10.9. The van der Waals surface area contributed by atoms with Gasteiger partial charge in [-0.3, -0.25) is 9.52 Å². The standard InChI is InChI=1S/C33H39ClN2O3S/c1-38-31-22-6-4-21(5-7-22)18-40-35-32(37)24-9-13-30-29(16-24)36(17-25-8-11-27(25)31)19-33(20-39-30)14-2-3-23-15-26(34)10-12-28(23)33/h6,9-10,12-13,15-16,21,25,27,31H,2-5,7-8,11,14,17-20H2,1H3,(H,35,37)/t21-,25-,27+,31-,33-/m0/s1. The van der Waals surface area contributed by atoms with Gasteiger partial charge in [0.05, 0.1) is 18.4 Å². The number of carbonyl (C=O) groups excluding carboxylic acids is 1. The van der Waals surface area contributed by atoms with E-state index in [1.165, 1.54) is 36.0 Å². The lowest BCUT2D eigenvalue weighted by molar-refractivity contribution is 0.00323. The third-order valence-corrected chi connectivity index (χ3v) is 11.5. The molecule has 4 bridgehead atoms. The SMILES string of the molecule is CO[C@H]1C2=CC[C@@H](CC2)CSNC(=O)c2ccc3c(c2)N(C[C@@H]2CC[C@H]21)C[C@@]1(CCCc2cc(Cl)ccc21)CO3. The number of allylic oxidation sites excluding steroid dienone is 1. The molecule has 6 aliphatic rings. The predicted octanol–water partition coefficient (Wildman–Crippen LogP) is 6.97. The number of hydrogen-bond acceptors (Lipinski definition) is 5. The average molecular weight is 579 g/mol. The van der Waals surface area contributed by atoms with E-state index in [0.717, 1.165) is 67.4 Å². The van der Waals surface area contributed by atoms with Gasteiger partial charge in [0.1, 0.15) is 5.75 Å². The van der Waals surface area contributed by atoms with Crippen LogP contribution in [-0.2, 0) is 16.6 Å². The molecule has 212 valence electrons. The first kappa shape index (κ1) is 26.7. The molecule has 3 aliphatic heterocycles. The Morgan fingerprint density at radius 1 is 1.15 bits per heavy atom. The van der Waals surface area contributed by atoms with Gasteiger partial charge in [-0.15, -0.1) is 0 Å². The van der Waals surface area contributed by atoms with E-state index in [2.05, 4.69) is 33.9 Å². The van der Waals surface area contributed by atoms with Crippen LogP contribution < -0.4 is 14.4 Å². The summed E-state index contributed by atoms with van der Waals surface area (Å²) in [6.07, 6.45) is 11.7. The minimum Gasteiger partial charge on any atom is -0.490 e. The summed E-state index contributed by atoms with van der Waals surface area (Å²) < 4.78 is 16.0.